The maximum absolute atomic E-state index is 13.1. The first kappa shape index (κ1) is 21.2. The molecule has 3 rings (SSSR count). The molecule has 1 unspecified atom stereocenters. The minimum atomic E-state index is -0.833. The molecule has 2 heterocycles. The quantitative estimate of drug-likeness (QED) is 0.570. The van der Waals surface area contributed by atoms with Gasteiger partial charge in [0.05, 0.1) is 0 Å². The molecule has 1 aromatic rings. The highest BCUT2D eigenvalue weighted by atomic mass is 19.1. The van der Waals surface area contributed by atoms with E-state index in [4.69, 9.17) is 10.1 Å². The van der Waals surface area contributed by atoms with E-state index in [-0.39, 0.29) is 18.4 Å². The number of hydrogen-bond donors (Lipinski definition) is 2. The highest BCUT2D eigenvalue weighted by Gasteiger charge is 2.37. The highest BCUT2D eigenvalue weighted by molar-refractivity contribution is 5.82. The fourth-order valence-corrected chi connectivity index (χ4v) is 3.41. The molecular weight excluding hydrogens is 381 g/mol. The van der Waals surface area contributed by atoms with E-state index in [0.29, 0.717) is 32.6 Å². The number of carbonyl (C=O) groups is 2. The van der Waals surface area contributed by atoms with Crippen LogP contribution >= 0.6 is 0 Å². The number of halogens is 1. The second-order valence-electron chi connectivity index (χ2n) is 7.21. The molecular formula is C19H26FN5O4. The van der Waals surface area contributed by atoms with Gasteiger partial charge in [-0.2, -0.15) is 10.1 Å². The van der Waals surface area contributed by atoms with Crippen molar-refractivity contribution in [1.82, 2.24) is 25.4 Å². The van der Waals surface area contributed by atoms with E-state index in [0.717, 1.165) is 11.1 Å². The summed E-state index contributed by atoms with van der Waals surface area (Å²) in [7, 11) is 3.29. The largest absolute Gasteiger partial charge is 0.331 e. The average molecular weight is 407 g/mol. The number of benzene rings is 1. The van der Waals surface area contributed by atoms with Gasteiger partial charge in [-0.25, -0.2) is 19.6 Å². The molecule has 1 aromatic carbocycles. The third-order valence-corrected chi connectivity index (χ3v) is 5.00. The molecule has 0 aromatic heterocycles. The fraction of sp³-hybridized carbons (Fsp3) is 0.474. The van der Waals surface area contributed by atoms with E-state index < -0.39 is 11.9 Å². The van der Waals surface area contributed by atoms with Gasteiger partial charge in [0.2, 0.25) is 0 Å². The van der Waals surface area contributed by atoms with Gasteiger partial charge in [0, 0.05) is 46.8 Å². The number of amides is 3. The fourth-order valence-electron chi connectivity index (χ4n) is 3.41. The van der Waals surface area contributed by atoms with Gasteiger partial charge in [-0.05, 0) is 29.7 Å². The Morgan fingerprint density at radius 1 is 1.21 bits per heavy atom. The van der Waals surface area contributed by atoms with Crippen LogP contribution in [-0.2, 0) is 9.73 Å². The second kappa shape index (κ2) is 9.31. The molecule has 0 radical (unpaired) electrons. The first-order valence-electron chi connectivity index (χ1n) is 9.44. The lowest BCUT2D eigenvalue weighted by Crippen LogP contribution is -2.62. The molecule has 2 N–H and O–H groups in total. The molecule has 9 nitrogen and oxygen atoms in total. The summed E-state index contributed by atoms with van der Waals surface area (Å²) in [6.07, 6.45) is 2.71. The number of rotatable bonds is 4. The number of hydroxylamine groups is 5. The number of hydrogen-bond acceptors (Lipinski definition) is 6. The number of nitrogens with one attached hydrogen (secondary N) is 1. The number of carbonyl (C=O) groups excluding carboxylic acids is 2. The molecule has 1 saturated heterocycles. The smallest absolute Gasteiger partial charge is 0.319 e. The van der Waals surface area contributed by atoms with Crippen molar-refractivity contribution in [2.24, 2.45) is 0 Å². The predicted molar refractivity (Wildman–Crippen MR) is 103 cm³/mol. The van der Waals surface area contributed by atoms with Crippen molar-refractivity contribution in [3.05, 3.63) is 41.7 Å². The van der Waals surface area contributed by atoms with E-state index in [9.17, 15) is 14.0 Å². The van der Waals surface area contributed by atoms with Crippen molar-refractivity contribution >= 4 is 17.5 Å². The molecule has 3 amide bonds. The third-order valence-electron chi connectivity index (χ3n) is 5.00. The molecule has 10 heteroatoms. The predicted octanol–water partition coefficient (Wildman–Crippen LogP) is 0.935. The number of nitrogens with zero attached hydrogens (tertiary/aromatic N) is 4. The Bertz CT molecular complexity index is 770. The summed E-state index contributed by atoms with van der Waals surface area (Å²) < 4.78 is 13.1. The van der Waals surface area contributed by atoms with E-state index in [1.165, 1.54) is 22.1 Å². The molecule has 1 fully saturated rings. The lowest BCUT2D eigenvalue weighted by molar-refractivity contribution is -0.339. The van der Waals surface area contributed by atoms with Gasteiger partial charge in [0.1, 0.15) is 11.9 Å². The zero-order valence-electron chi connectivity index (χ0n) is 16.5. The number of urea groups is 1. The van der Waals surface area contributed by atoms with Crippen molar-refractivity contribution in [3.8, 4) is 0 Å². The molecule has 2 aliphatic heterocycles. The zero-order chi connectivity index (χ0) is 21.0. The maximum Gasteiger partial charge on any atom is 0.319 e. The first-order chi connectivity index (χ1) is 13.9. The Morgan fingerprint density at radius 3 is 2.52 bits per heavy atom. The standard InChI is InChI=1S/C19H26FN5O4/c1-22(2)19(27)23-11-12-25(17(13-23)18(26)21-28)29-24-9-7-15(8-10-24)14-3-5-16(20)6-4-14/h3-7,17,28H,8-13H2,1-2H3,(H,21,26). The lowest BCUT2D eigenvalue weighted by Gasteiger charge is -2.41. The lowest BCUT2D eigenvalue weighted by atomic mass is 10.0. The summed E-state index contributed by atoms with van der Waals surface area (Å²) in [6.45, 7) is 1.91. The van der Waals surface area contributed by atoms with E-state index >= 15 is 0 Å². The first-order valence-corrected chi connectivity index (χ1v) is 9.44. The minimum absolute atomic E-state index is 0.105. The molecule has 29 heavy (non-hydrogen) atoms. The Morgan fingerprint density at radius 2 is 1.93 bits per heavy atom. The van der Waals surface area contributed by atoms with Crippen LogP contribution in [-0.4, -0.2) is 89.9 Å². The van der Waals surface area contributed by atoms with E-state index in [1.54, 1.807) is 41.7 Å². The van der Waals surface area contributed by atoms with Gasteiger partial charge < -0.3 is 9.80 Å². The van der Waals surface area contributed by atoms with Crippen molar-refractivity contribution in [1.29, 1.82) is 0 Å². The summed E-state index contributed by atoms with van der Waals surface area (Å²) in [6, 6.07) is 5.34. The van der Waals surface area contributed by atoms with Crippen molar-refractivity contribution in [2.75, 3.05) is 46.8 Å². The van der Waals surface area contributed by atoms with Crippen LogP contribution in [0.4, 0.5) is 9.18 Å². The second-order valence-corrected chi connectivity index (χ2v) is 7.21. The van der Waals surface area contributed by atoms with Crippen molar-refractivity contribution in [3.63, 3.8) is 0 Å². The summed E-state index contributed by atoms with van der Waals surface area (Å²) in [5.41, 5.74) is 3.73. The van der Waals surface area contributed by atoms with Gasteiger partial charge in [-0.15, -0.1) is 0 Å². The van der Waals surface area contributed by atoms with E-state index in [2.05, 4.69) is 0 Å². The molecule has 2 aliphatic rings. The normalized spacial score (nSPS) is 20.9. The van der Waals surface area contributed by atoms with E-state index in [1.807, 2.05) is 6.08 Å². The van der Waals surface area contributed by atoms with Crippen LogP contribution in [0.2, 0.25) is 0 Å². The summed E-state index contributed by atoms with van der Waals surface area (Å²) in [5, 5.41) is 12.3. The van der Waals surface area contributed by atoms with Crippen LogP contribution in [0.5, 0.6) is 0 Å². The molecule has 0 aliphatic carbocycles. The SMILES string of the molecule is CN(C)C(=O)N1CCN(ON2CC=C(c3ccc(F)cc3)CC2)C(C(=O)NO)C1. The highest BCUT2D eigenvalue weighted by Crippen LogP contribution is 2.24. The van der Waals surface area contributed by atoms with Crippen LogP contribution < -0.4 is 5.48 Å². The Hall–Kier alpha value is -2.53. The van der Waals surface area contributed by atoms with Gasteiger partial charge in [0.15, 0.2) is 0 Å². The van der Waals surface area contributed by atoms with Crippen LogP contribution in [0.1, 0.15) is 12.0 Å². The summed E-state index contributed by atoms with van der Waals surface area (Å²) in [4.78, 5) is 33.2. The molecule has 0 spiro atoms. The van der Waals surface area contributed by atoms with Gasteiger partial charge in [-0.1, -0.05) is 18.2 Å². The van der Waals surface area contributed by atoms with Crippen LogP contribution in [0.15, 0.2) is 30.3 Å². The third kappa shape index (κ3) is 5.10. The molecule has 0 saturated carbocycles. The van der Waals surface area contributed by atoms with Crippen molar-refractivity contribution < 1.29 is 24.1 Å². The zero-order valence-corrected chi connectivity index (χ0v) is 16.5. The van der Waals surface area contributed by atoms with Crippen LogP contribution in [0.25, 0.3) is 5.57 Å². The molecule has 0 bridgehead atoms. The van der Waals surface area contributed by atoms with Crippen molar-refractivity contribution in [2.45, 2.75) is 12.5 Å². The summed E-state index contributed by atoms with van der Waals surface area (Å²) in [5.74, 6) is -0.906. The van der Waals surface area contributed by atoms with Gasteiger partial charge in [0.25, 0.3) is 5.91 Å². The minimum Gasteiger partial charge on any atom is -0.331 e. The van der Waals surface area contributed by atoms with Crippen LogP contribution in [0, 0.1) is 5.82 Å². The Balaban J connectivity index is 1.62. The van der Waals surface area contributed by atoms with Gasteiger partial charge >= 0.3 is 6.03 Å². The number of piperazine rings is 1. The molecule has 1 atom stereocenters. The summed E-state index contributed by atoms with van der Waals surface area (Å²) >= 11 is 0. The maximum atomic E-state index is 13.1. The Labute approximate surface area is 168 Å². The molecule has 158 valence electrons. The van der Waals surface area contributed by atoms with Gasteiger partial charge in [-0.3, -0.25) is 10.0 Å². The average Bonchev–Trinajstić information content (AvgIpc) is 2.74. The monoisotopic (exact) mass is 407 g/mol. The Kier molecular flexibility index (Phi) is 6.80. The van der Waals surface area contributed by atoms with Crippen LogP contribution in [0.3, 0.4) is 0 Å². The topological polar surface area (TPSA) is 88.6 Å².